The lowest BCUT2D eigenvalue weighted by atomic mass is 10.3. The van der Waals surface area contributed by atoms with E-state index in [9.17, 15) is 8.42 Å². The van der Waals surface area contributed by atoms with Gasteiger partial charge in [0.15, 0.2) is 5.96 Å². The number of nitrogens with zero attached hydrogens (tertiary/aromatic N) is 1. The van der Waals surface area contributed by atoms with Gasteiger partial charge in [0.1, 0.15) is 11.5 Å². The molecule has 0 unspecified atom stereocenters. The standard InChI is InChI=1S/C20H30N4O4S/c1-16(2)28-19-9-7-17(8-10-19)24-20(21-12-5-13-23-29(3,25)26)22-14-11-18-6-4-15-27-18/h4,6-10,15-16,23H,5,11-14H2,1-3H3,(H2,21,22,24). The van der Waals surface area contributed by atoms with E-state index in [4.69, 9.17) is 9.15 Å². The van der Waals surface area contributed by atoms with Crippen molar-refractivity contribution in [1.29, 1.82) is 0 Å². The van der Waals surface area contributed by atoms with Crippen LogP contribution in [0.4, 0.5) is 5.69 Å². The first kappa shape index (κ1) is 22.8. The molecule has 0 radical (unpaired) electrons. The van der Waals surface area contributed by atoms with E-state index in [1.165, 1.54) is 0 Å². The van der Waals surface area contributed by atoms with E-state index in [1.54, 1.807) is 6.26 Å². The van der Waals surface area contributed by atoms with Crippen molar-refractivity contribution in [3.63, 3.8) is 0 Å². The molecule has 3 N–H and O–H groups in total. The van der Waals surface area contributed by atoms with Crippen molar-refractivity contribution in [2.45, 2.75) is 32.8 Å². The zero-order chi connectivity index (χ0) is 21.1. The van der Waals surface area contributed by atoms with Crippen LogP contribution in [0.1, 0.15) is 26.0 Å². The monoisotopic (exact) mass is 422 g/mol. The van der Waals surface area contributed by atoms with Crippen LogP contribution in [0.3, 0.4) is 0 Å². The summed E-state index contributed by atoms with van der Waals surface area (Å²) < 4.78 is 35.7. The van der Waals surface area contributed by atoms with Gasteiger partial charge in [0.05, 0.1) is 18.6 Å². The van der Waals surface area contributed by atoms with Gasteiger partial charge in [0, 0.05) is 31.7 Å². The second-order valence-electron chi connectivity index (χ2n) is 6.82. The Kier molecular flexibility index (Phi) is 9.01. The summed E-state index contributed by atoms with van der Waals surface area (Å²) in [5.41, 5.74) is 0.875. The fraction of sp³-hybridized carbons (Fsp3) is 0.450. The molecule has 1 aromatic heterocycles. The van der Waals surface area contributed by atoms with Gasteiger partial charge in [-0.2, -0.15) is 0 Å². The van der Waals surface area contributed by atoms with E-state index in [2.05, 4.69) is 20.3 Å². The lowest BCUT2D eigenvalue weighted by Gasteiger charge is -2.14. The average Bonchev–Trinajstić information content (AvgIpc) is 3.15. The van der Waals surface area contributed by atoms with Crippen molar-refractivity contribution >= 4 is 21.7 Å². The summed E-state index contributed by atoms with van der Waals surface area (Å²) in [7, 11) is -3.18. The molecule has 0 saturated carbocycles. The molecule has 0 amide bonds. The Bertz CT molecular complexity index is 847. The molecule has 0 aliphatic carbocycles. The highest BCUT2D eigenvalue weighted by molar-refractivity contribution is 7.88. The van der Waals surface area contributed by atoms with E-state index >= 15 is 0 Å². The smallest absolute Gasteiger partial charge is 0.208 e. The topological polar surface area (TPSA) is 105 Å². The van der Waals surface area contributed by atoms with Crippen LogP contribution in [0.5, 0.6) is 5.75 Å². The van der Waals surface area contributed by atoms with Crippen LogP contribution in [-0.4, -0.2) is 46.4 Å². The average molecular weight is 423 g/mol. The highest BCUT2D eigenvalue weighted by atomic mass is 32.2. The van der Waals surface area contributed by atoms with Crippen molar-refractivity contribution in [3.8, 4) is 5.75 Å². The van der Waals surface area contributed by atoms with Crippen molar-refractivity contribution in [3.05, 3.63) is 48.4 Å². The lowest BCUT2D eigenvalue weighted by molar-refractivity contribution is 0.242. The number of ether oxygens (including phenoxy) is 1. The molecular weight excluding hydrogens is 392 g/mol. The molecule has 0 bridgehead atoms. The Balaban J connectivity index is 1.92. The molecule has 0 aliphatic heterocycles. The van der Waals surface area contributed by atoms with E-state index in [-0.39, 0.29) is 6.10 Å². The SMILES string of the molecule is CC(C)Oc1ccc(NC(=NCCCNS(C)(=O)=O)NCCc2ccco2)cc1. The number of anilines is 1. The van der Waals surface area contributed by atoms with Gasteiger partial charge in [0.25, 0.3) is 0 Å². The summed E-state index contributed by atoms with van der Waals surface area (Å²) in [6.45, 7) is 5.45. The van der Waals surface area contributed by atoms with E-state index < -0.39 is 10.0 Å². The molecule has 8 nitrogen and oxygen atoms in total. The Labute approximate surface area is 172 Å². The summed E-state index contributed by atoms with van der Waals surface area (Å²) in [4.78, 5) is 4.53. The summed E-state index contributed by atoms with van der Waals surface area (Å²) in [5.74, 6) is 2.32. The molecule has 29 heavy (non-hydrogen) atoms. The first-order valence-corrected chi connectivity index (χ1v) is 11.5. The quantitative estimate of drug-likeness (QED) is 0.292. The highest BCUT2D eigenvalue weighted by Gasteiger charge is 2.04. The number of furan rings is 1. The molecule has 0 spiro atoms. The molecule has 0 atom stereocenters. The lowest BCUT2D eigenvalue weighted by Crippen LogP contribution is -2.33. The number of benzene rings is 1. The molecule has 0 fully saturated rings. The summed E-state index contributed by atoms with van der Waals surface area (Å²) in [6.07, 6.45) is 4.24. The molecule has 9 heteroatoms. The van der Waals surface area contributed by atoms with Crippen molar-refractivity contribution in [2.75, 3.05) is 31.2 Å². The Hall–Kier alpha value is -2.52. The minimum Gasteiger partial charge on any atom is -0.491 e. The molecule has 0 aliphatic rings. The highest BCUT2D eigenvalue weighted by Crippen LogP contribution is 2.16. The summed E-state index contributed by atoms with van der Waals surface area (Å²) in [6, 6.07) is 11.4. The fourth-order valence-electron chi connectivity index (χ4n) is 2.45. The van der Waals surface area contributed by atoms with Crippen LogP contribution in [0.15, 0.2) is 52.1 Å². The van der Waals surface area contributed by atoms with Gasteiger partial charge in [0.2, 0.25) is 10.0 Å². The van der Waals surface area contributed by atoms with Gasteiger partial charge in [-0.05, 0) is 56.7 Å². The van der Waals surface area contributed by atoms with Gasteiger partial charge in [-0.3, -0.25) is 4.99 Å². The summed E-state index contributed by atoms with van der Waals surface area (Å²) in [5, 5.41) is 6.53. The second-order valence-corrected chi connectivity index (χ2v) is 8.66. The summed E-state index contributed by atoms with van der Waals surface area (Å²) >= 11 is 0. The molecule has 0 saturated heterocycles. The minimum atomic E-state index is -3.18. The third-order valence-electron chi connectivity index (χ3n) is 3.70. The number of sulfonamides is 1. The molecule has 160 valence electrons. The third-order valence-corrected chi connectivity index (χ3v) is 4.43. The fourth-order valence-corrected chi connectivity index (χ4v) is 2.97. The number of hydrogen-bond acceptors (Lipinski definition) is 5. The van der Waals surface area contributed by atoms with E-state index in [0.717, 1.165) is 29.9 Å². The molecular formula is C20H30N4O4S. The van der Waals surface area contributed by atoms with Gasteiger partial charge >= 0.3 is 0 Å². The van der Waals surface area contributed by atoms with Gasteiger partial charge in [-0.1, -0.05) is 0 Å². The van der Waals surface area contributed by atoms with Crippen molar-refractivity contribution < 1.29 is 17.6 Å². The number of nitrogens with one attached hydrogen (secondary N) is 3. The van der Waals surface area contributed by atoms with Crippen LogP contribution in [0.2, 0.25) is 0 Å². The number of rotatable bonds is 11. The van der Waals surface area contributed by atoms with Crippen LogP contribution >= 0.6 is 0 Å². The van der Waals surface area contributed by atoms with Gasteiger partial charge in [-0.15, -0.1) is 0 Å². The number of guanidine groups is 1. The predicted octanol–water partition coefficient (Wildman–Crippen LogP) is 2.61. The Morgan fingerprint density at radius 2 is 1.93 bits per heavy atom. The predicted molar refractivity (Wildman–Crippen MR) is 116 cm³/mol. The first-order valence-electron chi connectivity index (χ1n) is 9.61. The zero-order valence-electron chi connectivity index (χ0n) is 17.1. The Morgan fingerprint density at radius 3 is 2.55 bits per heavy atom. The van der Waals surface area contributed by atoms with E-state index in [1.807, 2.05) is 50.2 Å². The number of aliphatic imine (C=N–C) groups is 1. The van der Waals surface area contributed by atoms with Gasteiger partial charge < -0.3 is 19.8 Å². The maximum Gasteiger partial charge on any atom is 0.208 e. The minimum absolute atomic E-state index is 0.120. The number of hydrogen-bond donors (Lipinski definition) is 3. The third kappa shape index (κ3) is 10.00. The zero-order valence-corrected chi connectivity index (χ0v) is 18.0. The normalized spacial score (nSPS) is 12.2. The maximum atomic E-state index is 11.1. The molecule has 1 aromatic carbocycles. The maximum absolute atomic E-state index is 11.1. The Morgan fingerprint density at radius 1 is 1.17 bits per heavy atom. The largest absolute Gasteiger partial charge is 0.491 e. The van der Waals surface area contributed by atoms with Crippen molar-refractivity contribution in [1.82, 2.24) is 10.0 Å². The van der Waals surface area contributed by atoms with Crippen LogP contribution in [0.25, 0.3) is 0 Å². The van der Waals surface area contributed by atoms with Crippen LogP contribution in [-0.2, 0) is 16.4 Å². The van der Waals surface area contributed by atoms with Crippen LogP contribution < -0.4 is 20.1 Å². The molecule has 1 heterocycles. The molecule has 2 aromatic rings. The van der Waals surface area contributed by atoms with Gasteiger partial charge in [-0.25, -0.2) is 13.1 Å². The first-order chi connectivity index (χ1) is 13.8. The van der Waals surface area contributed by atoms with Crippen molar-refractivity contribution in [2.24, 2.45) is 4.99 Å². The second kappa shape index (κ2) is 11.5. The molecule has 2 rings (SSSR count). The van der Waals surface area contributed by atoms with Crippen LogP contribution in [0, 0.1) is 0 Å². The van der Waals surface area contributed by atoms with E-state index in [0.29, 0.717) is 32.0 Å².